The summed E-state index contributed by atoms with van der Waals surface area (Å²) in [5.74, 6) is -0.718. The molecule has 0 spiro atoms. The van der Waals surface area contributed by atoms with Gasteiger partial charge in [-0.25, -0.2) is 9.78 Å². The number of aromatic nitrogens is 1. The van der Waals surface area contributed by atoms with Crippen LogP contribution in [0.4, 0.5) is 5.82 Å². The summed E-state index contributed by atoms with van der Waals surface area (Å²) in [4.78, 5) is 17.5. The number of rotatable bonds is 2. The molecule has 1 N–H and O–H groups in total. The molecule has 18 heavy (non-hydrogen) atoms. The molecule has 2 heterocycles. The normalized spacial score (nSPS) is 18.1. The van der Waals surface area contributed by atoms with E-state index in [2.05, 4.69) is 18.8 Å². The van der Waals surface area contributed by atoms with Gasteiger partial charge in [0.1, 0.15) is 16.5 Å². The third-order valence-electron chi connectivity index (χ3n) is 3.29. The van der Waals surface area contributed by atoms with Crippen LogP contribution < -0.4 is 4.90 Å². The third kappa shape index (κ3) is 2.27. The predicted octanol–water partition coefficient (Wildman–Crippen LogP) is 3.47. The van der Waals surface area contributed by atoms with Crippen molar-refractivity contribution in [1.82, 2.24) is 4.98 Å². The molecule has 4 nitrogen and oxygen atoms in total. The molecular weight excluding hydrogens is 275 g/mol. The van der Waals surface area contributed by atoms with Crippen molar-refractivity contribution in [3.8, 4) is 0 Å². The molecule has 2 rings (SSSR count). The lowest BCUT2D eigenvalue weighted by Gasteiger charge is -2.33. The van der Waals surface area contributed by atoms with Crippen molar-refractivity contribution in [2.45, 2.75) is 32.2 Å². The second-order valence-corrected chi connectivity index (χ2v) is 5.79. The lowest BCUT2D eigenvalue weighted by Crippen LogP contribution is -2.39. The summed E-state index contributed by atoms with van der Waals surface area (Å²) >= 11 is 11.9. The van der Waals surface area contributed by atoms with E-state index in [1.807, 2.05) is 4.90 Å². The van der Waals surface area contributed by atoms with Crippen LogP contribution in [-0.2, 0) is 0 Å². The topological polar surface area (TPSA) is 53.4 Å². The first-order valence-electron chi connectivity index (χ1n) is 5.70. The standard InChI is InChI=1S/C12H14Cl2N2O2/c1-12(2)4-3-5-16(12)10-9(11(17)18)7(13)6-8(14)15-10/h6H,3-5H2,1-2H3,(H,17,18). The molecule has 0 bridgehead atoms. The molecule has 1 saturated heterocycles. The Labute approximate surface area is 116 Å². The Balaban J connectivity index is 2.59. The third-order valence-corrected chi connectivity index (χ3v) is 3.78. The molecule has 0 saturated carbocycles. The van der Waals surface area contributed by atoms with Gasteiger partial charge in [-0.05, 0) is 32.8 Å². The Kier molecular flexibility index (Phi) is 3.43. The summed E-state index contributed by atoms with van der Waals surface area (Å²) in [5.41, 5.74) is -0.110. The van der Waals surface area contributed by atoms with E-state index < -0.39 is 5.97 Å². The lowest BCUT2D eigenvalue weighted by atomic mass is 10.0. The van der Waals surface area contributed by atoms with Gasteiger partial charge >= 0.3 is 5.97 Å². The molecule has 0 aromatic carbocycles. The monoisotopic (exact) mass is 288 g/mol. The largest absolute Gasteiger partial charge is 0.478 e. The zero-order valence-electron chi connectivity index (χ0n) is 10.2. The van der Waals surface area contributed by atoms with Crippen LogP contribution in [0, 0.1) is 0 Å². The number of carboxylic acids is 1. The van der Waals surface area contributed by atoms with Gasteiger partial charge in [-0.15, -0.1) is 0 Å². The van der Waals surface area contributed by atoms with E-state index in [9.17, 15) is 9.90 Å². The van der Waals surface area contributed by atoms with E-state index in [1.165, 1.54) is 6.07 Å². The molecule has 0 amide bonds. The number of hydrogen-bond acceptors (Lipinski definition) is 3. The first kappa shape index (κ1) is 13.4. The minimum absolute atomic E-state index is 0.0241. The van der Waals surface area contributed by atoms with Crippen LogP contribution in [-0.4, -0.2) is 28.1 Å². The average Bonchev–Trinajstić information content (AvgIpc) is 2.55. The summed E-state index contributed by atoms with van der Waals surface area (Å²) in [5, 5.41) is 9.61. The van der Waals surface area contributed by atoms with E-state index >= 15 is 0 Å². The van der Waals surface area contributed by atoms with Crippen LogP contribution >= 0.6 is 23.2 Å². The molecule has 0 atom stereocenters. The van der Waals surface area contributed by atoms with Crippen LogP contribution in [0.2, 0.25) is 10.2 Å². The number of anilines is 1. The summed E-state index contributed by atoms with van der Waals surface area (Å²) in [6.07, 6.45) is 1.98. The summed E-state index contributed by atoms with van der Waals surface area (Å²) in [6, 6.07) is 1.36. The van der Waals surface area contributed by atoms with Gasteiger partial charge < -0.3 is 10.0 Å². The van der Waals surface area contributed by atoms with Gasteiger partial charge in [-0.3, -0.25) is 0 Å². The number of pyridine rings is 1. The molecule has 1 fully saturated rings. The van der Waals surface area contributed by atoms with E-state index in [0.29, 0.717) is 5.82 Å². The number of halogens is 2. The fourth-order valence-corrected chi connectivity index (χ4v) is 2.88. The first-order chi connectivity index (χ1) is 8.33. The van der Waals surface area contributed by atoms with Crippen LogP contribution in [0.15, 0.2) is 6.07 Å². The number of aromatic carboxylic acids is 1. The maximum atomic E-state index is 11.3. The Morgan fingerprint density at radius 2 is 2.17 bits per heavy atom. The Morgan fingerprint density at radius 3 is 2.67 bits per heavy atom. The van der Waals surface area contributed by atoms with E-state index in [0.717, 1.165) is 19.4 Å². The highest BCUT2D eigenvalue weighted by Gasteiger charge is 2.36. The molecule has 98 valence electrons. The molecule has 6 heteroatoms. The number of hydrogen-bond donors (Lipinski definition) is 1. The van der Waals surface area contributed by atoms with E-state index in [-0.39, 0.29) is 21.3 Å². The molecule has 0 radical (unpaired) electrons. The highest BCUT2D eigenvalue weighted by molar-refractivity contribution is 6.36. The fraction of sp³-hybridized carbons (Fsp3) is 0.500. The van der Waals surface area contributed by atoms with Gasteiger partial charge in [0, 0.05) is 12.1 Å². The zero-order chi connectivity index (χ0) is 13.5. The molecule has 1 aromatic heterocycles. The Hall–Kier alpha value is -1.00. The SMILES string of the molecule is CC1(C)CCCN1c1nc(Cl)cc(Cl)c1C(=O)O. The maximum Gasteiger partial charge on any atom is 0.341 e. The van der Waals surface area contributed by atoms with Crippen molar-refractivity contribution < 1.29 is 9.90 Å². The van der Waals surface area contributed by atoms with Crippen molar-refractivity contribution in [2.24, 2.45) is 0 Å². The molecule has 1 aliphatic rings. The van der Waals surface area contributed by atoms with Crippen LogP contribution in [0.3, 0.4) is 0 Å². The predicted molar refractivity (Wildman–Crippen MR) is 71.9 cm³/mol. The Bertz CT molecular complexity index is 503. The van der Waals surface area contributed by atoms with Crippen LogP contribution in [0.1, 0.15) is 37.0 Å². The minimum atomic E-state index is -1.08. The zero-order valence-corrected chi connectivity index (χ0v) is 11.7. The minimum Gasteiger partial charge on any atom is -0.478 e. The smallest absolute Gasteiger partial charge is 0.341 e. The first-order valence-corrected chi connectivity index (χ1v) is 6.45. The van der Waals surface area contributed by atoms with Gasteiger partial charge in [-0.2, -0.15) is 0 Å². The molecule has 1 aromatic rings. The number of carbonyl (C=O) groups is 1. The van der Waals surface area contributed by atoms with Gasteiger partial charge in [0.2, 0.25) is 0 Å². The quantitative estimate of drug-likeness (QED) is 0.847. The average molecular weight is 289 g/mol. The van der Waals surface area contributed by atoms with E-state index in [4.69, 9.17) is 23.2 Å². The van der Waals surface area contributed by atoms with Crippen molar-refractivity contribution >= 4 is 35.0 Å². The van der Waals surface area contributed by atoms with Gasteiger partial charge in [0.05, 0.1) is 5.02 Å². The van der Waals surface area contributed by atoms with Crippen LogP contribution in [0.25, 0.3) is 0 Å². The van der Waals surface area contributed by atoms with Crippen molar-refractivity contribution in [1.29, 1.82) is 0 Å². The van der Waals surface area contributed by atoms with E-state index in [1.54, 1.807) is 0 Å². The van der Waals surface area contributed by atoms with Crippen molar-refractivity contribution in [2.75, 3.05) is 11.4 Å². The highest BCUT2D eigenvalue weighted by Crippen LogP contribution is 2.37. The lowest BCUT2D eigenvalue weighted by molar-refractivity contribution is 0.0697. The fourth-order valence-electron chi connectivity index (χ4n) is 2.37. The molecular formula is C12H14Cl2N2O2. The van der Waals surface area contributed by atoms with Crippen molar-refractivity contribution in [3.63, 3.8) is 0 Å². The van der Waals surface area contributed by atoms with Gasteiger partial charge in [0.25, 0.3) is 0 Å². The second kappa shape index (κ2) is 4.59. The number of nitrogens with zero attached hydrogens (tertiary/aromatic N) is 2. The van der Waals surface area contributed by atoms with Crippen LogP contribution in [0.5, 0.6) is 0 Å². The molecule has 0 unspecified atom stereocenters. The molecule has 1 aliphatic heterocycles. The molecule has 0 aliphatic carbocycles. The summed E-state index contributed by atoms with van der Waals surface area (Å²) in [7, 11) is 0. The summed E-state index contributed by atoms with van der Waals surface area (Å²) < 4.78 is 0. The van der Waals surface area contributed by atoms with Gasteiger partial charge in [0.15, 0.2) is 0 Å². The highest BCUT2D eigenvalue weighted by atomic mass is 35.5. The Morgan fingerprint density at radius 1 is 1.50 bits per heavy atom. The van der Waals surface area contributed by atoms with Gasteiger partial charge in [-0.1, -0.05) is 23.2 Å². The maximum absolute atomic E-state index is 11.3. The summed E-state index contributed by atoms with van der Waals surface area (Å²) in [6.45, 7) is 4.88. The number of carboxylic acid groups (broad SMARTS) is 1. The second-order valence-electron chi connectivity index (χ2n) is 5.00. The van der Waals surface area contributed by atoms with Crippen molar-refractivity contribution in [3.05, 3.63) is 21.8 Å².